The van der Waals surface area contributed by atoms with Crippen LogP contribution in [0.1, 0.15) is 20.8 Å². The molecule has 0 spiro atoms. The van der Waals surface area contributed by atoms with Crippen LogP contribution in [-0.4, -0.2) is 16.1 Å². The summed E-state index contributed by atoms with van der Waals surface area (Å²) in [6.45, 7) is 7.56. The summed E-state index contributed by atoms with van der Waals surface area (Å²) in [6.07, 6.45) is 3.38. The molecule has 1 rings (SSSR count). The van der Waals surface area contributed by atoms with Crippen LogP contribution in [0.3, 0.4) is 0 Å². The molecule has 4 nitrogen and oxygen atoms in total. The van der Waals surface area contributed by atoms with Gasteiger partial charge in [-0.15, -0.1) is 0 Å². The third-order valence-electron chi connectivity index (χ3n) is 1.82. The SMILES string of the molecule is CCNc1nccn(CC(C)C)c1=O. The molecule has 1 aromatic heterocycles. The summed E-state index contributed by atoms with van der Waals surface area (Å²) in [7, 11) is 0. The molecule has 1 heterocycles. The van der Waals surface area contributed by atoms with Crippen LogP contribution in [0.2, 0.25) is 0 Å². The number of rotatable bonds is 4. The molecule has 0 unspecified atom stereocenters. The molecule has 4 heteroatoms. The Hall–Kier alpha value is -1.32. The molecule has 0 bridgehead atoms. The number of hydrogen-bond donors (Lipinski definition) is 1. The lowest BCUT2D eigenvalue weighted by molar-refractivity contribution is 0.509. The van der Waals surface area contributed by atoms with Gasteiger partial charge in [0.2, 0.25) is 0 Å². The first-order valence-electron chi connectivity index (χ1n) is 4.94. The van der Waals surface area contributed by atoms with E-state index < -0.39 is 0 Å². The van der Waals surface area contributed by atoms with Crippen molar-refractivity contribution in [3.8, 4) is 0 Å². The number of aromatic nitrogens is 2. The molecule has 1 aromatic rings. The van der Waals surface area contributed by atoms with E-state index in [9.17, 15) is 4.79 Å². The van der Waals surface area contributed by atoms with E-state index in [1.807, 2.05) is 6.92 Å². The Balaban J connectivity index is 2.95. The number of nitrogens with zero attached hydrogens (tertiary/aromatic N) is 2. The van der Waals surface area contributed by atoms with Crippen molar-refractivity contribution < 1.29 is 0 Å². The van der Waals surface area contributed by atoms with E-state index in [1.165, 1.54) is 0 Å². The monoisotopic (exact) mass is 195 g/mol. The van der Waals surface area contributed by atoms with E-state index >= 15 is 0 Å². The standard InChI is InChI=1S/C10H17N3O/c1-4-11-9-10(14)13(6-5-12-9)7-8(2)3/h5-6,8H,4,7H2,1-3H3,(H,11,12). The second-order valence-electron chi connectivity index (χ2n) is 3.66. The number of hydrogen-bond acceptors (Lipinski definition) is 3. The smallest absolute Gasteiger partial charge is 0.293 e. The average Bonchev–Trinajstić information content (AvgIpc) is 2.11. The van der Waals surface area contributed by atoms with Crippen LogP contribution >= 0.6 is 0 Å². The van der Waals surface area contributed by atoms with Crippen LogP contribution in [0.4, 0.5) is 5.82 Å². The Bertz CT molecular complexity index is 343. The summed E-state index contributed by atoms with van der Waals surface area (Å²) in [4.78, 5) is 15.7. The fraction of sp³-hybridized carbons (Fsp3) is 0.600. The minimum Gasteiger partial charge on any atom is -0.366 e. The first kappa shape index (κ1) is 10.8. The van der Waals surface area contributed by atoms with Gasteiger partial charge in [0, 0.05) is 25.5 Å². The van der Waals surface area contributed by atoms with E-state index in [-0.39, 0.29) is 5.56 Å². The molecule has 0 aromatic carbocycles. The van der Waals surface area contributed by atoms with Crippen molar-refractivity contribution >= 4 is 5.82 Å². The fourth-order valence-corrected chi connectivity index (χ4v) is 1.27. The average molecular weight is 195 g/mol. The lowest BCUT2D eigenvalue weighted by atomic mass is 10.2. The Morgan fingerprint density at radius 1 is 1.57 bits per heavy atom. The van der Waals surface area contributed by atoms with Gasteiger partial charge in [-0.05, 0) is 12.8 Å². The van der Waals surface area contributed by atoms with Crippen molar-refractivity contribution in [1.29, 1.82) is 0 Å². The Kier molecular flexibility index (Phi) is 3.68. The van der Waals surface area contributed by atoms with Crippen molar-refractivity contribution in [2.75, 3.05) is 11.9 Å². The van der Waals surface area contributed by atoms with Gasteiger partial charge in [0.25, 0.3) is 5.56 Å². The molecule has 78 valence electrons. The molecule has 0 aliphatic heterocycles. The summed E-state index contributed by atoms with van der Waals surface area (Å²) < 4.78 is 1.69. The normalized spacial score (nSPS) is 10.6. The van der Waals surface area contributed by atoms with Crippen molar-refractivity contribution in [2.24, 2.45) is 5.92 Å². The molecule has 1 N–H and O–H groups in total. The molecule has 0 saturated carbocycles. The third-order valence-corrected chi connectivity index (χ3v) is 1.82. The summed E-state index contributed by atoms with van der Waals surface area (Å²) in [5.74, 6) is 0.903. The summed E-state index contributed by atoms with van der Waals surface area (Å²) in [6, 6.07) is 0. The summed E-state index contributed by atoms with van der Waals surface area (Å²) in [5.41, 5.74) is -0.0388. The minimum absolute atomic E-state index is 0.0388. The first-order chi connectivity index (χ1) is 6.65. The summed E-state index contributed by atoms with van der Waals surface area (Å²) >= 11 is 0. The molecule has 0 aliphatic rings. The highest BCUT2D eigenvalue weighted by Crippen LogP contribution is 1.97. The van der Waals surface area contributed by atoms with Crippen molar-refractivity contribution in [2.45, 2.75) is 27.3 Å². The van der Waals surface area contributed by atoms with Crippen LogP contribution < -0.4 is 10.9 Å². The predicted octanol–water partition coefficient (Wildman–Crippen LogP) is 1.33. The Labute approximate surface area is 84.0 Å². The fourth-order valence-electron chi connectivity index (χ4n) is 1.27. The van der Waals surface area contributed by atoms with E-state index in [0.29, 0.717) is 18.3 Å². The van der Waals surface area contributed by atoms with Gasteiger partial charge in [-0.2, -0.15) is 0 Å². The van der Waals surface area contributed by atoms with Gasteiger partial charge in [0.1, 0.15) is 0 Å². The van der Waals surface area contributed by atoms with Crippen molar-refractivity contribution in [3.05, 3.63) is 22.7 Å². The molecular weight excluding hydrogens is 178 g/mol. The van der Waals surface area contributed by atoms with E-state index in [1.54, 1.807) is 17.0 Å². The van der Waals surface area contributed by atoms with Crippen LogP contribution in [0.15, 0.2) is 17.2 Å². The van der Waals surface area contributed by atoms with Gasteiger partial charge < -0.3 is 9.88 Å². The van der Waals surface area contributed by atoms with Crippen LogP contribution in [-0.2, 0) is 6.54 Å². The van der Waals surface area contributed by atoms with Gasteiger partial charge in [-0.1, -0.05) is 13.8 Å². The maximum Gasteiger partial charge on any atom is 0.293 e. The molecule has 0 aliphatic carbocycles. The number of anilines is 1. The highest BCUT2D eigenvalue weighted by atomic mass is 16.1. The minimum atomic E-state index is -0.0388. The van der Waals surface area contributed by atoms with Gasteiger partial charge in [-0.3, -0.25) is 4.79 Å². The molecule has 0 amide bonds. The predicted molar refractivity (Wildman–Crippen MR) is 57.5 cm³/mol. The third kappa shape index (κ3) is 2.58. The second kappa shape index (κ2) is 4.79. The summed E-state index contributed by atoms with van der Waals surface area (Å²) in [5, 5.41) is 2.94. The maximum atomic E-state index is 11.7. The van der Waals surface area contributed by atoms with Crippen LogP contribution in [0.5, 0.6) is 0 Å². The van der Waals surface area contributed by atoms with E-state index in [2.05, 4.69) is 24.1 Å². The zero-order valence-electron chi connectivity index (χ0n) is 8.95. The lowest BCUT2D eigenvalue weighted by Gasteiger charge is -2.09. The maximum absolute atomic E-state index is 11.7. The molecule has 0 fully saturated rings. The zero-order chi connectivity index (χ0) is 10.6. The second-order valence-corrected chi connectivity index (χ2v) is 3.66. The number of nitrogens with one attached hydrogen (secondary N) is 1. The highest BCUT2D eigenvalue weighted by molar-refractivity contribution is 5.30. The van der Waals surface area contributed by atoms with Crippen molar-refractivity contribution in [3.63, 3.8) is 0 Å². The Morgan fingerprint density at radius 2 is 2.29 bits per heavy atom. The molecule has 0 radical (unpaired) electrons. The van der Waals surface area contributed by atoms with Gasteiger partial charge in [-0.25, -0.2) is 4.98 Å². The van der Waals surface area contributed by atoms with Gasteiger partial charge in [0.15, 0.2) is 5.82 Å². The van der Waals surface area contributed by atoms with Crippen molar-refractivity contribution in [1.82, 2.24) is 9.55 Å². The topological polar surface area (TPSA) is 46.9 Å². The van der Waals surface area contributed by atoms with Crippen LogP contribution in [0, 0.1) is 5.92 Å². The lowest BCUT2D eigenvalue weighted by Crippen LogP contribution is -2.25. The zero-order valence-corrected chi connectivity index (χ0v) is 8.95. The van der Waals surface area contributed by atoms with E-state index in [4.69, 9.17) is 0 Å². The molecular formula is C10H17N3O. The van der Waals surface area contributed by atoms with Gasteiger partial charge >= 0.3 is 0 Å². The Morgan fingerprint density at radius 3 is 2.86 bits per heavy atom. The highest BCUT2D eigenvalue weighted by Gasteiger charge is 2.04. The first-order valence-corrected chi connectivity index (χ1v) is 4.94. The molecule has 14 heavy (non-hydrogen) atoms. The van der Waals surface area contributed by atoms with Gasteiger partial charge in [0.05, 0.1) is 0 Å². The van der Waals surface area contributed by atoms with E-state index in [0.717, 1.165) is 6.54 Å². The largest absolute Gasteiger partial charge is 0.366 e. The molecule has 0 saturated heterocycles. The quantitative estimate of drug-likeness (QED) is 0.788. The van der Waals surface area contributed by atoms with Crippen LogP contribution in [0.25, 0.3) is 0 Å². The molecule has 0 atom stereocenters.